The average molecular weight is 291 g/mol. The lowest BCUT2D eigenvalue weighted by molar-refractivity contribution is 0.657. The van der Waals surface area contributed by atoms with Crippen LogP contribution < -0.4 is 0 Å². The van der Waals surface area contributed by atoms with Gasteiger partial charge in [0.15, 0.2) is 0 Å². The molecule has 1 unspecified atom stereocenters. The fraction of sp³-hybridized carbons (Fsp3) is 0.471. The van der Waals surface area contributed by atoms with Gasteiger partial charge in [-0.1, -0.05) is 38.1 Å². The van der Waals surface area contributed by atoms with Crippen molar-refractivity contribution in [2.75, 3.05) is 0 Å². The Morgan fingerprint density at radius 2 is 1.70 bits per heavy atom. The second-order valence-corrected chi connectivity index (χ2v) is 6.41. The molecule has 1 atom stereocenters. The Labute approximate surface area is 126 Å². The summed E-state index contributed by atoms with van der Waals surface area (Å²) in [5.74, 6) is 0.571. The second-order valence-electron chi connectivity index (χ2n) is 5.75. The topological polar surface area (TPSA) is 17.8 Å². The van der Waals surface area contributed by atoms with E-state index in [4.69, 9.17) is 11.6 Å². The van der Waals surface area contributed by atoms with Gasteiger partial charge in [-0.15, -0.1) is 11.6 Å². The van der Waals surface area contributed by atoms with E-state index >= 15 is 0 Å². The van der Waals surface area contributed by atoms with Gasteiger partial charge < -0.3 is 0 Å². The van der Waals surface area contributed by atoms with Gasteiger partial charge in [0.05, 0.1) is 17.6 Å². The molecule has 20 heavy (non-hydrogen) atoms. The van der Waals surface area contributed by atoms with E-state index in [9.17, 15) is 0 Å². The van der Waals surface area contributed by atoms with Gasteiger partial charge in [0.25, 0.3) is 0 Å². The molecule has 0 aliphatic carbocycles. The van der Waals surface area contributed by atoms with E-state index in [1.807, 2.05) is 18.5 Å². The van der Waals surface area contributed by atoms with Crippen LogP contribution in [-0.2, 0) is 6.54 Å². The quantitative estimate of drug-likeness (QED) is 0.727. The smallest absolute Gasteiger partial charge is 0.0662 e. The van der Waals surface area contributed by atoms with Crippen LogP contribution in [0.25, 0.3) is 0 Å². The summed E-state index contributed by atoms with van der Waals surface area (Å²) >= 11 is 6.23. The fourth-order valence-electron chi connectivity index (χ4n) is 2.62. The maximum Gasteiger partial charge on any atom is 0.0662 e. The number of benzene rings is 1. The monoisotopic (exact) mass is 290 g/mol. The van der Waals surface area contributed by atoms with Gasteiger partial charge in [0.2, 0.25) is 0 Å². The van der Waals surface area contributed by atoms with Crippen LogP contribution in [0, 0.1) is 13.8 Å². The first-order chi connectivity index (χ1) is 9.40. The van der Waals surface area contributed by atoms with Crippen LogP contribution >= 0.6 is 11.6 Å². The zero-order chi connectivity index (χ0) is 14.9. The van der Waals surface area contributed by atoms with Gasteiger partial charge in [0, 0.05) is 11.3 Å². The number of aromatic nitrogens is 2. The van der Waals surface area contributed by atoms with Crippen LogP contribution in [0.4, 0.5) is 0 Å². The highest BCUT2D eigenvalue weighted by atomic mass is 35.5. The molecule has 0 bridgehead atoms. The molecular weight excluding hydrogens is 268 g/mol. The van der Waals surface area contributed by atoms with Crippen LogP contribution in [0.1, 0.15) is 60.1 Å². The highest BCUT2D eigenvalue weighted by Gasteiger charge is 2.15. The molecule has 0 aliphatic heterocycles. The standard InChI is InChI=1S/C17H23ClN2/c1-11(2)16-8-6-15(7-9-16)10-20-14(5)17(12(3)18)13(4)19-20/h6-9,11-12H,10H2,1-5H3. The average Bonchev–Trinajstić information content (AvgIpc) is 2.65. The SMILES string of the molecule is Cc1nn(Cc2ccc(C(C)C)cc2)c(C)c1C(C)Cl. The summed E-state index contributed by atoms with van der Waals surface area (Å²) in [7, 11) is 0. The lowest BCUT2D eigenvalue weighted by Gasteiger charge is -2.09. The van der Waals surface area contributed by atoms with Gasteiger partial charge in [-0.25, -0.2) is 0 Å². The first-order valence-electron chi connectivity index (χ1n) is 7.17. The fourth-order valence-corrected chi connectivity index (χ4v) is 2.94. The first kappa shape index (κ1) is 15.1. The molecule has 0 aliphatic rings. The predicted molar refractivity (Wildman–Crippen MR) is 85.6 cm³/mol. The zero-order valence-corrected chi connectivity index (χ0v) is 13.7. The second kappa shape index (κ2) is 6.01. The molecule has 108 valence electrons. The highest BCUT2D eigenvalue weighted by Crippen LogP contribution is 2.26. The van der Waals surface area contributed by atoms with Gasteiger partial charge >= 0.3 is 0 Å². The molecule has 0 amide bonds. The molecule has 0 saturated carbocycles. The third-order valence-corrected chi connectivity index (χ3v) is 4.03. The lowest BCUT2D eigenvalue weighted by Crippen LogP contribution is -2.04. The van der Waals surface area contributed by atoms with Crippen molar-refractivity contribution in [3.05, 3.63) is 52.3 Å². The lowest BCUT2D eigenvalue weighted by atomic mass is 10.0. The molecule has 0 saturated heterocycles. The predicted octanol–water partition coefficient (Wildman–Crippen LogP) is 4.97. The summed E-state index contributed by atoms with van der Waals surface area (Å²) in [5.41, 5.74) is 6.00. The highest BCUT2D eigenvalue weighted by molar-refractivity contribution is 6.20. The molecule has 0 N–H and O–H groups in total. The van der Waals surface area contributed by atoms with E-state index in [1.54, 1.807) is 0 Å². The minimum atomic E-state index is 0.00654. The number of alkyl halides is 1. The molecule has 1 heterocycles. The van der Waals surface area contributed by atoms with Crippen molar-refractivity contribution < 1.29 is 0 Å². The number of hydrogen-bond donors (Lipinski definition) is 0. The largest absolute Gasteiger partial charge is 0.265 e. The Balaban J connectivity index is 2.24. The Morgan fingerprint density at radius 1 is 1.10 bits per heavy atom. The molecule has 2 nitrogen and oxygen atoms in total. The van der Waals surface area contributed by atoms with Crippen LogP contribution in [0.3, 0.4) is 0 Å². The van der Waals surface area contributed by atoms with Crippen LogP contribution in [0.5, 0.6) is 0 Å². The molecule has 1 aromatic carbocycles. The van der Waals surface area contributed by atoms with E-state index in [1.165, 1.54) is 11.1 Å². The van der Waals surface area contributed by atoms with Crippen LogP contribution in [0.2, 0.25) is 0 Å². The van der Waals surface area contributed by atoms with Crippen molar-refractivity contribution >= 4 is 11.6 Å². The number of halogens is 1. The molecule has 2 aromatic rings. The third kappa shape index (κ3) is 3.06. The Morgan fingerprint density at radius 3 is 2.15 bits per heavy atom. The van der Waals surface area contributed by atoms with Crippen molar-refractivity contribution in [3.8, 4) is 0 Å². The summed E-state index contributed by atoms with van der Waals surface area (Å²) < 4.78 is 2.05. The zero-order valence-electron chi connectivity index (χ0n) is 12.9. The summed E-state index contributed by atoms with van der Waals surface area (Å²) in [6, 6.07) is 8.79. The van der Waals surface area contributed by atoms with Gasteiger partial charge in [-0.2, -0.15) is 5.10 Å². The minimum absolute atomic E-state index is 0.00654. The molecule has 2 rings (SSSR count). The maximum atomic E-state index is 6.23. The number of hydrogen-bond acceptors (Lipinski definition) is 1. The van der Waals surface area contributed by atoms with E-state index in [0.29, 0.717) is 5.92 Å². The molecule has 0 spiro atoms. The Bertz CT molecular complexity index is 580. The number of aryl methyl sites for hydroxylation is 1. The summed E-state index contributed by atoms with van der Waals surface area (Å²) in [4.78, 5) is 0. The van der Waals surface area contributed by atoms with Gasteiger partial charge in [0.1, 0.15) is 0 Å². The number of nitrogens with zero attached hydrogens (tertiary/aromatic N) is 2. The van der Waals surface area contributed by atoms with Crippen molar-refractivity contribution in [2.24, 2.45) is 0 Å². The van der Waals surface area contributed by atoms with E-state index in [2.05, 4.69) is 50.1 Å². The van der Waals surface area contributed by atoms with Gasteiger partial charge in [-0.3, -0.25) is 4.68 Å². The number of rotatable bonds is 4. The van der Waals surface area contributed by atoms with Crippen molar-refractivity contribution in [1.82, 2.24) is 9.78 Å². The molecule has 1 aromatic heterocycles. The van der Waals surface area contributed by atoms with Crippen LogP contribution in [-0.4, -0.2) is 9.78 Å². The van der Waals surface area contributed by atoms with E-state index in [-0.39, 0.29) is 5.38 Å². The minimum Gasteiger partial charge on any atom is -0.265 e. The Hall–Kier alpha value is -1.28. The third-order valence-electron chi connectivity index (χ3n) is 3.81. The summed E-state index contributed by atoms with van der Waals surface area (Å²) in [6.45, 7) is 11.3. The van der Waals surface area contributed by atoms with Crippen molar-refractivity contribution in [3.63, 3.8) is 0 Å². The summed E-state index contributed by atoms with van der Waals surface area (Å²) in [5, 5.41) is 4.62. The Kier molecular flexibility index (Phi) is 4.54. The summed E-state index contributed by atoms with van der Waals surface area (Å²) in [6.07, 6.45) is 0. The molecule has 0 radical (unpaired) electrons. The molecule has 3 heteroatoms. The molecular formula is C17H23ClN2. The van der Waals surface area contributed by atoms with Gasteiger partial charge in [-0.05, 0) is 37.8 Å². The van der Waals surface area contributed by atoms with Crippen molar-refractivity contribution in [2.45, 2.75) is 52.5 Å². The normalized spacial score (nSPS) is 12.9. The van der Waals surface area contributed by atoms with E-state index in [0.717, 1.165) is 23.5 Å². The van der Waals surface area contributed by atoms with Crippen molar-refractivity contribution in [1.29, 1.82) is 0 Å². The van der Waals surface area contributed by atoms with E-state index < -0.39 is 0 Å². The molecule has 0 fully saturated rings. The maximum absolute atomic E-state index is 6.23. The van der Waals surface area contributed by atoms with Crippen LogP contribution in [0.15, 0.2) is 24.3 Å². The first-order valence-corrected chi connectivity index (χ1v) is 7.60.